The normalized spacial score (nSPS) is 17.8. The molecule has 1 aromatic carbocycles. The Morgan fingerprint density at radius 2 is 1.88 bits per heavy atom. The molecule has 1 heterocycles. The highest BCUT2D eigenvalue weighted by Crippen LogP contribution is 2.23. The van der Waals surface area contributed by atoms with Crippen LogP contribution in [0, 0.1) is 0 Å². The van der Waals surface area contributed by atoms with E-state index in [1.54, 1.807) is 0 Å². The van der Waals surface area contributed by atoms with Crippen LogP contribution in [0.5, 0.6) is 5.75 Å². The predicted octanol–water partition coefficient (Wildman–Crippen LogP) is 1.94. The second kappa shape index (κ2) is 9.43. The second-order valence-electron chi connectivity index (χ2n) is 5.32. The lowest BCUT2D eigenvalue weighted by Crippen LogP contribution is -2.25. The third-order valence-corrected chi connectivity index (χ3v) is 3.85. The number of nitrogens with two attached hydrogens (primary N) is 1. The zero-order chi connectivity index (χ0) is 19.9. The topological polar surface area (TPSA) is 119 Å². The Bertz CT molecular complexity index is 650. The van der Waals surface area contributed by atoms with Crippen molar-refractivity contribution < 1.29 is 37.4 Å². The minimum atomic E-state index is -5.08. The largest absolute Gasteiger partial charge is 0.492 e. The number of carbonyl (C=O) groups is 3. The van der Waals surface area contributed by atoms with E-state index in [1.165, 1.54) is 0 Å². The molecule has 2 rings (SSSR count). The molecule has 2 amide bonds. The highest BCUT2D eigenvalue weighted by Gasteiger charge is 2.38. The molecule has 26 heavy (non-hydrogen) atoms. The van der Waals surface area contributed by atoms with Gasteiger partial charge in [-0.15, -0.1) is 0 Å². The Morgan fingerprint density at radius 1 is 1.35 bits per heavy atom. The summed E-state index contributed by atoms with van der Waals surface area (Å²) in [5.74, 6) is -2.22. The molecule has 2 atom stereocenters. The third-order valence-electron chi connectivity index (χ3n) is 2.87. The number of carbonyl (C=O) groups excluding carboxylic acids is 2. The van der Waals surface area contributed by atoms with Gasteiger partial charge >= 0.3 is 12.1 Å². The SMILES string of the molecule is CC(N)COc1ccc(CC2SC(=O)NC2=O)cc1.O=C(O)C(F)(F)F. The molecule has 7 nitrogen and oxygen atoms in total. The molecule has 4 N–H and O–H groups in total. The van der Waals surface area contributed by atoms with Gasteiger partial charge in [0.05, 0.1) is 5.25 Å². The standard InChI is InChI=1S/C13H16N2O3S.C2HF3O2/c1-8(14)7-18-10-4-2-9(3-5-10)6-11-12(16)15-13(17)19-11;3-2(4,5)1(6)7/h2-5,8,11H,6-7,14H2,1H3,(H,15,16,17);(H,6,7). The number of ether oxygens (including phenoxy) is 1. The van der Waals surface area contributed by atoms with Gasteiger partial charge in [-0.3, -0.25) is 14.9 Å². The van der Waals surface area contributed by atoms with E-state index in [-0.39, 0.29) is 22.4 Å². The molecule has 0 aromatic heterocycles. The average molecular weight is 394 g/mol. The van der Waals surface area contributed by atoms with E-state index < -0.39 is 12.1 Å². The number of hydrogen-bond donors (Lipinski definition) is 3. The summed E-state index contributed by atoms with van der Waals surface area (Å²) in [5.41, 5.74) is 6.60. The van der Waals surface area contributed by atoms with E-state index in [2.05, 4.69) is 5.32 Å². The molecule has 1 fully saturated rings. The van der Waals surface area contributed by atoms with Gasteiger partial charge in [0.2, 0.25) is 5.91 Å². The number of nitrogens with one attached hydrogen (secondary N) is 1. The van der Waals surface area contributed by atoms with Gasteiger partial charge in [-0.25, -0.2) is 4.79 Å². The highest BCUT2D eigenvalue weighted by atomic mass is 32.2. The number of alkyl halides is 3. The van der Waals surface area contributed by atoms with Crippen LogP contribution >= 0.6 is 11.8 Å². The molecule has 144 valence electrons. The highest BCUT2D eigenvalue weighted by molar-refractivity contribution is 8.15. The summed E-state index contributed by atoms with van der Waals surface area (Å²) in [6, 6.07) is 7.47. The summed E-state index contributed by atoms with van der Waals surface area (Å²) < 4.78 is 37.2. The molecule has 11 heteroatoms. The Labute approximate surface area is 151 Å². The van der Waals surface area contributed by atoms with Gasteiger partial charge in [-0.05, 0) is 31.0 Å². The lowest BCUT2D eigenvalue weighted by molar-refractivity contribution is -0.192. The van der Waals surface area contributed by atoms with Crippen molar-refractivity contribution in [2.24, 2.45) is 5.73 Å². The zero-order valence-corrected chi connectivity index (χ0v) is 14.4. The van der Waals surface area contributed by atoms with Gasteiger partial charge in [-0.1, -0.05) is 23.9 Å². The molecule has 1 aliphatic rings. The average Bonchev–Trinajstić information content (AvgIpc) is 2.84. The summed E-state index contributed by atoms with van der Waals surface area (Å²) in [4.78, 5) is 31.4. The van der Waals surface area contributed by atoms with Crippen molar-refractivity contribution in [3.63, 3.8) is 0 Å². The number of aliphatic carboxylic acids is 1. The van der Waals surface area contributed by atoms with E-state index in [9.17, 15) is 22.8 Å². The lowest BCUT2D eigenvalue weighted by atomic mass is 10.1. The fourth-order valence-electron chi connectivity index (χ4n) is 1.69. The first-order chi connectivity index (χ1) is 12.0. The molecule has 0 spiro atoms. The Morgan fingerprint density at radius 3 is 2.27 bits per heavy atom. The predicted molar refractivity (Wildman–Crippen MR) is 87.9 cm³/mol. The summed E-state index contributed by atoms with van der Waals surface area (Å²) in [6.07, 6.45) is -4.55. The van der Waals surface area contributed by atoms with Crippen molar-refractivity contribution in [3.05, 3.63) is 29.8 Å². The number of rotatable bonds is 5. The number of imide groups is 1. The minimum absolute atomic E-state index is 0.00993. The maximum atomic E-state index is 11.4. The van der Waals surface area contributed by atoms with E-state index in [4.69, 9.17) is 20.4 Å². The van der Waals surface area contributed by atoms with Crippen LogP contribution in [0.4, 0.5) is 18.0 Å². The summed E-state index contributed by atoms with van der Waals surface area (Å²) in [7, 11) is 0. The molecule has 0 bridgehead atoms. The van der Waals surface area contributed by atoms with Crippen LogP contribution in [-0.4, -0.2) is 46.3 Å². The van der Waals surface area contributed by atoms with Crippen LogP contribution in [0.15, 0.2) is 24.3 Å². The van der Waals surface area contributed by atoms with Gasteiger partial charge < -0.3 is 15.6 Å². The number of benzene rings is 1. The maximum absolute atomic E-state index is 11.4. The van der Waals surface area contributed by atoms with Crippen molar-refractivity contribution >= 4 is 28.9 Å². The fraction of sp³-hybridized carbons (Fsp3) is 0.400. The van der Waals surface area contributed by atoms with Crippen LogP contribution in [-0.2, 0) is 16.0 Å². The van der Waals surface area contributed by atoms with Crippen LogP contribution in [0.3, 0.4) is 0 Å². The lowest BCUT2D eigenvalue weighted by Gasteiger charge is -2.10. The van der Waals surface area contributed by atoms with E-state index in [1.807, 2.05) is 31.2 Å². The minimum Gasteiger partial charge on any atom is -0.492 e. The van der Waals surface area contributed by atoms with E-state index in [0.29, 0.717) is 13.0 Å². The molecule has 0 radical (unpaired) electrons. The van der Waals surface area contributed by atoms with Crippen LogP contribution < -0.4 is 15.8 Å². The summed E-state index contributed by atoms with van der Waals surface area (Å²) in [6.45, 7) is 2.34. The van der Waals surface area contributed by atoms with Crippen molar-refractivity contribution in [3.8, 4) is 5.75 Å². The van der Waals surface area contributed by atoms with Crippen molar-refractivity contribution in [1.29, 1.82) is 0 Å². The fourth-order valence-corrected chi connectivity index (χ4v) is 2.55. The molecule has 0 saturated carbocycles. The molecular weight excluding hydrogens is 377 g/mol. The molecule has 1 aromatic rings. The van der Waals surface area contributed by atoms with Crippen LogP contribution in [0.2, 0.25) is 0 Å². The number of amides is 2. The van der Waals surface area contributed by atoms with Crippen molar-refractivity contribution in [2.75, 3.05) is 6.61 Å². The smallest absolute Gasteiger partial charge is 0.490 e. The van der Waals surface area contributed by atoms with E-state index >= 15 is 0 Å². The number of hydrogen-bond acceptors (Lipinski definition) is 6. The summed E-state index contributed by atoms with van der Waals surface area (Å²) >= 11 is 1.04. The van der Waals surface area contributed by atoms with E-state index in [0.717, 1.165) is 23.1 Å². The number of halogens is 3. The van der Waals surface area contributed by atoms with Crippen LogP contribution in [0.25, 0.3) is 0 Å². The monoisotopic (exact) mass is 394 g/mol. The molecule has 0 aliphatic carbocycles. The quantitative estimate of drug-likeness (QED) is 0.698. The molecular formula is C15H17F3N2O5S. The first-order valence-electron chi connectivity index (χ1n) is 7.28. The number of thioether (sulfide) groups is 1. The first-order valence-corrected chi connectivity index (χ1v) is 8.16. The summed E-state index contributed by atoms with van der Waals surface area (Å²) in [5, 5.41) is 8.80. The zero-order valence-electron chi connectivity index (χ0n) is 13.6. The van der Waals surface area contributed by atoms with Crippen molar-refractivity contribution in [1.82, 2.24) is 5.32 Å². The second-order valence-corrected chi connectivity index (χ2v) is 6.50. The van der Waals surface area contributed by atoms with Gasteiger partial charge in [0.1, 0.15) is 12.4 Å². The Kier molecular flexibility index (Phi) is 7.90. The van der Waals surface area contributed by atoms with Gasteiger partial charge in [0.15, 0.2) is 0 Å². The Balaban J connectivity index is 0.000000412. The van der Waals surface area contributed by atoms with Gasteiger partial charge in [0, 0.05) is 6.04 Å². The van der Waals surface area contributed by atoms with Crippen LogP contribution in [0.1, 0.15) is 12.5 Å². The van der Waals surface area contributed by atoms with Gasteiger partial charge in [0.25, 0.3) is 5.24 Å². The number of carboxylic acid groups (broad SMARTS) is 1. The molecule has 1 saturated heterocycles. The first kappa shape index (κ1) is 21.8. The third kappa shape index (κ3) is 7.74. The molecule has 1 aliphatic heterocycles. The Hall–Kier alpha value is -2.27. The molecule has 2 unspecified atom stereocenters. The van der Waals surface area contributed by atoms with Gasteiger partial charge in [-0.2, -0.15) is 13.2 Å². The van der Waals surface area contributed by atoms with Crippen molar-refractivity contribution in [2.45, 2.75) is 30.8 Å². The maximum Gasteiger partial charge on any atom is 0.490 e. The number of carboxylic acids is 1.